The molecule has 0 radical (unpaired) electrons. The Labute approximate surface area is 178 Å². The summed E-state index contributed by atoms with van der Waals surface area (Å²) in [7, 11) is -3.07. The van der Waals surface area contributed by atoms with Crippen molar-refractivity contribution in [3.63, 3.8) is 0 Å². The Kier molecular flexibility index (Phi) is 6.23. The van der Waals surface area contributed by atoms with Crippen molar-refractivity contribution in [2.24, 2.45) is 0 Å². The average Bonchev–Trinajstić information content (AvgIpc) is 2.84. The Morgan fingerprint density at radius 2 is 1.13 bits per heavy atom. The van der Waals surface area contributed by atoms with Crippen LogP contribution in [0.2, 0.25) is 0 Å². The van der Waals surface area contributed by atoms with Gasteiger partial charge in [-0.05, 0) is 30.2 Å². The first-order valence-electron chi connectivity index (χ1n) is 10.1. The first kappa shape index (κ1) is 20.3. The highest BCUT2D eigenvalue weighted by molar-refractivity contribution is 7.79. The molecule has 2 atom stereocenters. The Balaban J connectivity index is 1.87. The molecule has 30 heavy (non-hydrogen) atoms. The van der Waals surface area contributed by atoms with Crippen LogP contribution in [0.1, 0.15) is 29.9 Å². The third-order valence-corrected chi connectivity index (χ3v) is 8.68. The van der Waals surface area contributed by atoms with Crippen molar-refractivity contribution in [2.75, 3.05) is 0 Å². The van der Waals surface area contributed by atoms with Crippen molar-refractivity contribution in [2.45, 2.75) is 18.7 Å². The Bertz CT molecular complexity index is 1060. The summed E-state index contributed by atoms with van der Waals surface area (Å²) in [5.41, 5.74) is 2.12. The van der Waals surface area contributed by atoms with Crippen LogP contribution >= 0.6 is 7.14 Å². The van der Waals surface area contributed by atoms with Crippen molar-refractivity contribution in [1.82, 2.24) is 10.3 Å². The summed E-state index contributed by atoms with van der Waals surface area (Å²) in [4.78, 5) is 4.18. The quantitative estimate of drug-likeness (QED) is 0.411. The van der Waals surface area contributed by atoms with E-state index in [-0.39, 0.29) is 11.8 Å². The normalized spacial score (nSPS) is 13.5. The molecule has 0 fully saturated rings. The van der Waals surface area contributed by atoms with Gasteiger partial charge in [0.15, 0.2) is 7.14 Å². The topological polar surface area (TPSA) is 42.0 Å². The van der Waals surface area contributed by atoms with Gasteiger partial charge in [0.05, 0.1) is 5.78 Å². The third-order valence-electron chi connectivity index (χ3n) is 5.37. The molecule has 0 saturated heterocycles. The van der Waals surface area contributed by atoms with Gasteiger partial charge in [0.1, 0.15) is 0 Å². The van der Waals surface area contributed by atoms with E-state index in [4.69, 9.17) is 0 Å². The van der Waals surface area contributed by atoms with Gasteiger partial charge in [-0.2, -0.15) is 0 Å². The lowest BCUT2D eigenvalue weighted by Gasteiger charge is -2.32. The predicted molar refractivity (Wildman–Crippen MR) is 125 cm³/mol. The molecule has 0 aliphatic carbocycles. The molecule has 4 aromatic rings. The molecule has 0 spiro atoms. The molecular weight excluding hydrogens is 387 g/mol. The molecule has 0 saturated carbocycles. The summed E-state index contributed by atoms with van der Waals surface area (Å²) >= 11 is 0. The smallest absolute Gasteiger partial charge is 0.163 e. The number of pyridine rings is 1. The lowest BCUT2D eigenvalue weighted by Crippen LogP contribution is -2.32. The number of benzene rings is 3. The van der Waals surface area contributed by atoms with Gasteiger partial charge < -0.3 is 4.57 Å². The fourth-order valence-electron chi connectivity index (χ4n) is 3.78. The lowest BCUT2D eigenvalue weighted by molar-refractivity contribution is 0.523. The highest BCUT2D eigenvalue weighted by atomic mass is 31.2. The van der Waals surface area contributed by atoms with Gasteiger partial charge in [0.2, 0.25) is 0 Å². The minimum absolute atomic E-state index is 0.0186. The fourth-order valence-corrected chi connectivity index (χ4v) is 6.93. The van der Waals surface area contributed by atoms with E-state index in [0.29, 0.717) is 0 Å². The molecule has 3 nitrogen and oxygen atoms in total. The first-order valence-corrected chi connectivity index (χ1v) is 11.9. The number of nitrogens with zero attached hydrogens (tertiary/aromatic N) is 1. The highest BCUT2D eigenvalue weighted by Crippen LogP contribution is 2.56. The summed E-state index contributed by atoms with van der Waals surface area (Å²) in [5.74, 6) is -0.388. The second-order valence-electron chi connectivity index (χ2n) is 7.31. The van der Waals surface area contributed by atoms with Gasteiger partial charge in [-0.25, -0.2) is 0 Å². The standard InChI is InChI=1S/C26H25N2OP/c1-21(22-11-5-2-6-12-22)28-26(23-17-19-27-20-18-23)30(29,24-13-7-3-8-14-24)25-15-9-4-10-16-25/h2-21,26,28H,1H3/t21-,26-/m0/s1. The number of hydrogen-bond donors (Lipinski definition) is 1. The summed E-state index contributed by atoms with van der Waals surface area (Å²) < 4.78 is 15.0. The van der Waals surface area contributed by atoms with E-state index in [1.165, 1.54) is 0 Å². The molecule has 1 aromatic heterocycles. The van der Waals surface area contributed by atoms with Crippen molar-refractivity contribution >= 4 is 17.8 Å². The van der Waals surface area contributed by atoms with Gasteiger partial charge in [-0.1, -0.05) is 91.0 Å². The fraction of sp³-hybridized carbons (Fsp3) is 0.115. The van der Waals surface area contributed by atoms with E-state index in [9.17, 15) is 0 Å². The first-order chi connectivity index (χ1) is 14.7. The van der Waals surface area contributed by atoms with E-state index in [1.807, 2.05) is 91.0 Å². The molecule has 4 heteroatoms. The monoisotopic (exact) mass is 412 g/mol. The minimum atomic E-state index is -3.07. The van der Waals surface area contributed by atoms with Crippen molar-refractivity contribution < 1.29 is 4.57 Å². The van der Waals surface area contributed by atoms with Crippen LogP contribution in [0.4, 0.5) is 0 Å². The zero-order valence-electron chi connectivity index (χ0n) is 16.9. The van der Waals surface area contributed by atoms with E-state index >= 15 is 4.57 Å². The van der Waals surface area contributed by atoms with Crippen LogP contribution in [0.25, 0.3) is 0 Å². The van der Waals surface area contributed by atoms with Crippen molar-refractivity contribution in [1.29, 1.82) is 0 Å². The maximum Gasteiger partial charge on any atom is 0.163 e. The van der Waals surface area contributed by atoms with Crippen LogP contribution in [-0.4, -0.2) is 4.98 Å². The van der Waals surface area contributed by atoms with E-state index in [2.05, 4.69) is 29.4 Å². The second-order valence-corrected chi connectivity index (χ2v) is 10.2. The molecular formula is C26H25N2OP. The van der Waals surface area contributed by atoms with Crippen LogP contribution in [0.3, 0.4) is 0 Å². The molecule has 1 N–H and O–H groups in total. The number of aromatic nitrogens is 1. The number of nitrogens with one attached hydrogen (secondary N) is 1. The maximum absolute atomic E-state index is 15.0. The van der Waals surface area contributed by atoms with Crippen LogP contribution in [0, 0.1) is 0 Å². The lowest BCUT2D eigenvalue weighted by atomic mass is 10.1. The van der Waals surface area contributed by atoms with E-state index < -0.39 is 7.14 Å². The molecule has 4 rings (SSSR count). The van der Waals surface area contributed by atoms with Crippen LogP contribution < -0.4 is 15.9 Å². The summed E-state index contributed by atoms with van der Waals surface area (Å²) in [6, 6.07) is 33.8. The average molecular weight is 412 g/mol. The Hall–Kier alpha value is -3.00. The van der Waals surface area contributed by atoms with Gasteiger partial charge in [-0.3, -0.25) is 10.3 Å². The zero-order valence-corrected chi connectivity index (χ0v) is 17.8. The minimum Gasteiger partial charge on any atom is -0.312 e. The van der Waals surface area contributed by atoms with E-state index in [1.54, 1.807) is 12.4 Å². The third kappa shape index (κ3) is 4.14. The van der Waals surface area contributed by atoms with Gasteiger partial charge in [0.25, 0.3) is 0 Å². The van der Waals surface area contributed by atoms with Gasteiger partial charge in [0, 0.05) is 29.0 Å². The zero-order chi connectivity index (χ0) is 20.8. The molecule has 0 aliphatic rings. The van der Waals surface area contributed by atoms with Gasteiger partial charge in [-0.15, -0.1) is 0 Å². The Morgan fingerprint density at radius 3 is 1.63 bits per heavy atom. The van der Waals surface area contributed by atoms with E-state index in [0.717, 1.165) is 21.7 Å². The van der Waals surface area contributed by atoms with Crippen molar-refractivity contribution in [3.05, 3.63) is 127 Å². The Morgan fingerprint density at radius 1 is 0.667 bits per heavy atom. The number of rotatable bonds is 7. The molecule has 0 unspecified atom stereocenters. The van der Waals surface area contributed by atoms with Crippen LogP contribution in [0.15, 0.2) is 116 Å². The summed E-state index contributed by atoms with van der Waals surface area (Å²) in [6.07, 6.45) is 3.52. The summed E-state index contributed by atoms with van der Waals surface area (Å²) in [5, 5.41) is 5.37. The number of hydrogen-bond acceptors (Lipinski definition) is 3. The maximum atomic E-state index is 15.0. The van der Waals surface area contributed by atoms with Gasteiger partial charge >= 0.3 is 0 Å². The molecule has 0 bridgehead atoms. The molecule has 3 aromatic carbocycles. The molecule has 0 aliphatic heterocycles. The molecule has 1 heterocycles. The van der Waals surface area contributed by atoms with Crippen LogP contribution in [-0.2, 0) is 4.57 Å². The highest BCUT2D eigenvalue weighted by Gasteiger charge is 2.38. The second kappa shape index (κ2) is 9.21. The predicted octanol–water partition coefficient (Wildman–Crippen LogP) is 5.45. The summed E-state index contributed by atoms with van der Waals surface area (Å²) in [6.45, 7) is 2.11. The molecule has 0 amide bonds. The molecule has 150 valence electrons. The van der Waals surface area contributed by atoms with Crippen LogP contribution in [0.5, 0.6) is 0 Å². The largest absolute Gasteiger partial charge is 0.312 e. The van der Waals surface area contributed by atoms with Crippen molar-refractivity contribution in [3.8, 4) is 0 Å². The SMILES string of the molecule is C[C@H](N[C@H](c1ccncc1)P(=O)(c1ccccc1)c1ccccc1)c1ccccc1.